The molecule has 0 aliphatic heterocycles. The Morgan fingerprint density at radius 3 is 2.67 bits per heavy atom. The number of rotatable bonds is 7. The van der Waals surface area contributed by atoms with Crippen molar-refractivity contribution in [2.24, 2.45) is 5.92 Å². The minimum atomic E-state index is -0.274. The lowest BCUT2D eigenvalue weighted by Gasteiger charge is -2.13. The second-order valence-corrected chi connectivity index (χ2v) is 4.81. The topological polar surface area (TPSA) is 80.0 Å². The van der Waals surface area contributed by atoms with Crippen LogP contribution < -0.4 is 10.6 Å². The predicted molar refractivity (Wildman–Crippen MR) is 67.8 cm³/mol. The van der Waals surface area contributed by atoms with Crippen molar-refractivity contribution in [3.05, 3.63) is 11.7 Å². The number of nitrogens with one attached hydrogen (secondary N) is 2. The summed E-state index contributed by atoms with van der Waals surface area (Å²) in [6, 6.07) is -0.274. The maximum absolute atomic E-state index is 11.7. The Bertz CT molecular complexity index is 376. The Morgan fingerprint density at radius 1 is 1.39 bits per heavy atom. The van der Waals surface area contributed by atoms with E-state index in [4.69, 9.17) is 4.52 Å². The van der Waals surface area contributed by atoms with Gasteiger partial charge >= 0.3 is 0 Å². The summed E-state index contributed by atoms with van der Waals surface area (Å²) in [6.07, 6.45) is 0.987. The number of hydrogen-bond acceptors (Lipinski definition) is 5. The van der Waals surface area contributed by atoms with Crippen LogP contribution in [0.3, 0.4) is 0 Å². The number of aromatic nitrogens is 2. The number of carbonyl (C=O) groups excluding carboxylic acids is 1. The fourth-order valence-electron chi connectivity index (χ4n) is 1.38. The van der Waals surface area contributed by atoms with Crippen molar-refractivity contribution < 1.29 is 9.32 Å². The Kier molecular flexibility index (Phi) is 5.77. The maximum atomic E-state index is 11.7. The molecule has 102 valence electrons. The van der Waals surface area contributed by atoms with Gasteiger partial charge in [0.1, 0.15) is 0 Å². The molecule has 1 heterocycles. The van der Waals surface area contributed by atoms with E-state index in [-0.39, 0.29) is 11.9 Å². The molecule has 0 spiro atoms. The SMILES string of the molecule is Cc1noc(CNC(C)C(=O)NCCC(C)C)n1. The van der Waals surface area contributed by atoms with E-state index in [1.807, 2.05) is 6.92 Å². The van der Waals surface area contributed by atoms with E-state index < -0.39 is 0 Å². The summed E-state index contributed by atoms with van der Waals surface area (Å²) < 4.78 is 4.95. The summed E-state index contributed by atoms with van der Waals surface area (Å²) in [5.74, 6) is 1.68. The second kappa shape index (κ2) is 7.10. The first kappa shape index (κ1) is 14.6. The first-order valence-corrected chi connectivity index (χ1v) is 6.29. The molecule has 2 N–H and O–H groups in total. The van der Waals surface area contributed by atoms with Gasteiger partial charge in [0.2, 0.25) is 11.8 Å². The molecule has 1 aromatic rings. The van der Waals surface area contributed by atoms with Gasteiger partial charge in [-0.15, -0.1) is 0 Å². The van der Waals surface area contributed by atoms with E-state index in [0.717, 1.165) is 6.42 Å². The molecule has 1 amide bonds. The van der Waals surface area contributed by atoms with Crippen LogP contribution in [0.2, 0.25) is 0 Å². The number of carbonyl (C=O) groups is 1. The molecule has 0 radical (unpaired) electrons. The van der Waals surface area contributed by atoms with Gasteiger partial charge in [-0.2, -0.15) is 4.98 Å². The van der Waals surface area contributed by atoms with Gasteiger partial charge in [0.25, 0.3) is 0 Å². The Hall–Kier alpha value is -1.43. The molecule has 0 saturated carbocycles. The Morgan fingerprint density at radius 2 is 2.11 bits per heavy atom. The van der Waals surface area contributed by atoms with Crippen molar-refractivity contribution >= 4 is 5.91 Å². The molecule has 0 fully saturated rings. The molecule has 0 aliphatic rings. The molecular formula is C12H22N4O2. The number of amides is 1. The van der Waals surface area contributed by atoms with Crippen LogP contribution in [0.15, 0.2) is 4.52 Å². The maximum Gasteiger partial charge on any atom is 0.240 e. The highest BCUT2D eigenvalue weighted by atomic mass is 16.5. The summed E-state index contributed by atoms with van der Waals surface area (Å²) in [6.45, 7) is 8.95. The van der Waals surface area contributed by atoms with Crippen molar-refractivity contribution in [1.29, 1.82) is 0 Å². The molecule has 1 rings (SSSR count). The minimum Gasteiger partial charge on any atom is -0.355 e. The lowest BCUT2D eigenvalue weighted by atomic mass is 10.1. The van der Waals surface area contributed by atoms with Crippen LogP contribution in [-0.2, 0) is 11.3 Å². The van der Waals surface area contributed by atoms with Crippen molar-refractivity contribution in [2.75, 3.05) is 6.54 Å². The third-order valence-corrected chi connectivity index (χ3v) is 2.54. The first-order valence-electron chi connectivity index (χ1n) is 6.29. The van der Waals surface area contributed by atoms with E-state index >= 15 is 0 Å². The van der Waals surface area contributed by atoms with Crippen LogP contribution in [0.1, 0.15) is 38.9 Å². The summed E-state index contributed by atoms with van der Waals surface area (Å²) in [7, 11) is 0. The van der Waals surface area contributed by atoms with Crippen molar-refractivity contribution in [2.45, 2.75) is 46.7 Å². The monoisotopic (exact) mass is 254 g/mol. The Balaban J connectivity index is 2.23. The lowest BCUT2D eigenvalue weighted by Crippen LogP contribution is -2.42. The van der Waals surface area contributed by atoms with Crippen molar-refractivity contribution in [1.82, 2.24) is 20.8 Å². The van der Waals surface area contributed by atoms with Gasteiger partial charge in [-0.1, -0.05) is 19.0 Å². The van der Waals surface area contributed by atoms with Crippen LogP contribution >= 0.6 is 0 Å². The van der Waals surface area contributed by atoms with Gasteiger partial charge in [-0.05, 0) is 26.2 Å². The summed E-state index contributed by atoms with van der Waals surface area (Å²) in [5, 5.41) is 9.61. The molecule has 6 nitrogen and oxygen atoms in total. The quantitative estimate of drug-likeness (QED) is 0.759. The Labute approximate surface area is 108 Å². The molecule has 6 heteroatoms. The highest BCUT2D eigenvalue weighted by molar-refractivity contribution is 5.81. The molecule has 1 aromatic heterocycles. The molecule has 0 bridgehead atoms. The van der Waals surface area contributed by atoms with E-state index in [2.05, 4.69) is 34.6 Å². The molecule has 1 atom stereocenters. The fourth-order valence-corrected chi connectivity index (χ4v) is 1.38. The summed E-state index contributed by atoms with van der Waals surface area (Å²) in [5.41, 5.74) is 0. The van der Waals surface area contributed by atoms with Crippen molar-refractivity contribution in [3.8, 4) is 0 Å². The highest BCUT2D eigenvalue weighted by Crippen LogP contribution is 1.98. The summed E-state index contributed by atoms with van der Waals surface area (Å²) in [4.78, 5) is 15.8. The number of hydrogen-bond donors (Lipinski definition) is 2. The average Bonchev–Trinajstić information content (AvgIpc) is 2.71. The van der Waals surface area contributed by atoms with Gasteiger partial charge in [-0.3, -0.25) is 10.1 Å². The van der Waals surface area contributed by atoms with E-state index in [1.165, 1.54) is 0 Å². The average molecular weight is 254 g/mol. The standard InChI is InChI=1S/C12H22N4O2/c1-8(2)5-6-13-12(17)9(3)14-7-11-15-10(4)16-18-11/h8-9,14H,5-7H2,1-4H3,(H,13,17). The number of aryl methyl sites for hydroxylation is 1. The predicted octanol–water partition coefficient (Wildman–Crippen LogP) is 1.02. The van der Waals surface area contributed by atoms with E-state index in [0.29, 0.717) is 30.7 Å². The van der Waals surface area contributed by atoms with Crippen LogP contribution in [0.25, 0.3) is 0 Å². The van der Waals surface area contributed by atoms with Gasteiger partial charge < -0.3 is 9.84 Å². The second-order valence-electron chi connectivity index (χ2n) is 4.81. The largest absolute Gasteiger partial charge is 0.355 e. The molecule has 0 saturated heterocycles. The summed E-state index contributed by atoms with van der Waals surface area (Å²) >= 11 is 0. The number of nitrogens with zero attached hydrogens (tertiary/aromatic N) is 2. The molecular weight excluding hydrogens is 232 g/mol. The van der Waals surface area contributed by atoms with Gasteiger partial charge in [-0.25, -0.2) is 0 Å². The minimum absolute atomic E-state index is 0.00751. The zero-order valence-corrected chi connectivity index (χ0v) is 11.5. The lowest BCUT2D eigenvalue weighted by molar-refractivity contribution is -0.122. The van der Waals surface area contributed by atoms with Crippen molar-refractivity contribution in [3.63, 3.8) is 0 Å². The smallest absolute Gasteiger partial charge is 0.240 e. The fraction of sp³-hybridized carbons (Fsp3) is 0.750. The van der Waals surface area contributed by atoms with Gasteiger partial charge in [0.15, 0.2) is 5.82 Å². The van der Waals surface area contributed by atoms with Crippen LogP contribution in [0.4, 0.5) is 0 Å². The third kappa shape index (κ3) is 5.27. The molecule has 1 unspecified atom stereocenters. The van der Waals surface area contributed by atoms with E-state index in [1.54, 1.807) is 6.92 Å². The van der Waals surface area contributed by atoms with Crippen LogP contribution in [0.5, 0.6) is 0 Å². The molecule has 18 heavy (non-hydrogen) atoms. The van der Waals surface area contributed by atoms with Gasteiger partial charge in [0.05, 0.1) is 12.6 Å². The molecule has 0 aliphatic carbocycles. The van der Waals surface area contributed by atoms with Gasteiger partial charge in [0, 0.05) is 6.54 Å². The zero-order valence-electron chi connectivity index (χ0n) is 11.5. The van der Waals surface area contributed by atoms with Crippen LogP contribution in [0, 0.1) is 12.8 Å². The first-order chi connectivity index (χ1) is 8.49. The molecule has 0 aromatic carbocycles. The highest BCUT2D eigenvalue weighted by Gasteiger charge is 2.13. The normalized spacial score (nSPS) is 12.7. The van der Waals surface area contributed by atoms with Crippen LogP contribution in [-0.4, -0.2) is 28.6 Å². The third-order valence-electron chi connectivity index (χ3n) is 2.54. The zero-order chi connectivity index (χ0) is 13.5. The van der Waals surface area contributed by atoms with E-state index in [9.17, 15) is 4.79 Å².